The van der Waals surface area contributed by atoms with Crippen molar-refractivity contribution in [3.8, 4) is 0 Å². The van der Waals surface area contributed by atoms with Gasteiger partial charge in [-0.15, -0.1) is 10.2 Å². The maximum Gasteiger partial charge on any atom is 0.234 e. The summed E-state index contributed by atoms with van der Waals surface area (Å²) in [5.74, 6) is 1.61. The van der Waals surface area contributed by atoms with E-state index in [-0.39, 0.29) is 5.91 Å². The van der Waals surface area contributed by atoms with Crippen LogP contribution in [-0.2, 0) is 18.9 Å². The zero-order chi connectivity index (χ0) is 16.2. The summed E-state index contributed by atoms with van der Waals surface area (Å²) in [6.45, 7) is 2.02. The van der Waals surface area contributed by atoms with E-state index < -0.39 is 0 Å². The van der Waals surface area contributed by atoms with Gasteiger partial charge >= 0.3 is 0 Å². The number of hydrogen-bond acceptors (Lipinski definition) is 6. The number of aromatic nitrogens is 5. The molecule has 1 aliphatic heterocycles. The second kappa shape index (κ2) is 7.14. The highest BCUT2D eigenvalue weighted by atomic mass is 32.2. The normalized spacial score (nSPS) is 18.1. The molecule has 1 aliphatic rings. The Balaban J connectivity index is 1.55. The van der Waals surface area contributed by atoms with Crippen LogP contribution in [0.3, 0.4) is 0 Å². The van der Waals surface area contributed by atoms with Crippen LogP contribution in [0.1, 0.15) is 24.6 Å². The molecule has 1 amide bonds. The summed E-state index contributed by atoms with van der Waals surface area (Å²) >= 11 is 1.40. The largest absolute Gasteiger partial charge is 0.323 e. The lowest BCUT2D eigenvalue weighted by molar-refractivity contribution is -0.113. The predicted molar refractivity (Wildman–Crippen MR) is 88.4 cm³/mol. The Kier molecular flexibility index (Phi) is 4.97. The lowest BCUT2D eigenvalue weighted by Crippen LogP contribution is -2.29. The molecule has 1 saturated heterocycles. The SMILES string of the molecule is Cn1cc(NC(=O)CSc2nnc(C3CCCNC3)n2C)cn1. The topological polar surface area (TPSA) is 89.7 Å². The fourth-order valence-corrected chi connectivity index (χ4v) is 3.41. The van der Waals surface area contributed by atoms with Crippen LogP contribution in [-0.4, -0.2) is 49.3 Å². The van der Waals surface area contributed by atoms with Crippen molar-refractivity contribution in [3.63, 3.8) is 0 Å². The average Bonchev–Trinajstić information content (AvgIpc) is 3.12. The Morgan fingerprint density at radius 3 is 3.04 bits per heavy atom. The van der Waals surface area contributed by atoms with Gasteiger partial charge in [0, 0.05) is 32.8 Å². The molecule has 1 fully saturated rings. The zero-order valence-electron chi connectivity index (χ0n) is 13.3. The van der Waals surface area contributed by atoms with Crippen LogP contribution in [0.25, 0.3) is 0 Å². The van der Waals surface area contributed by atoms with E-state index in [0.29, 0.717) is 17.4 Å². The molecule has 2 aromatic rings. The molecule has 23 heavy (non-hydrogen) atoms. The Morgan fingerprint density at radius 1 is 1.48 bits per heavy atom. The van der Waals surface area contributed by atoms with E-state index in [0.717, 1.165) is 36.9 Å². The molecule has 2 N–H and O–H groups in total. The quantitative estimate of drug-likeness (QED) is 0.784. The van der Waals surface area contributed by atoms with Crippen LogP contribution in [0.4, 0.5) is 5.69 Å². The van der Waals surface area contributed by atoms with Gasteiger partial charge in [0.2, 0.25) is 5.91 Å². The van der Waals surface area contributed by atoms with Crippen molar-refractivity contribution < 1.29 is 4.79 Å². The van der Waals surface area contributed by atoms with Gasteiger partial charge in [0.05, 0.1) is 17.6 Å². The monoisotopic (exact) mass is 335 g/mol. The third-order valence-corrected chi connectivity index (χ3v) is 4.87. The third-order valence-electron chi connectivity index (χ3n) is 3.85. The summed E-state index contributed by atoms with van der Waals surface area (Å²) in [7, 11) is 3.77. The first kappa shape index (κ1) is 16.0. The number of piperidine rings is 1. The molecular weight excluding hydrogens is 314 g/mol. The number of anilines is 1. The molecule has 9 heteroatoms. The molecule has 0 saturated carbocycles. The molecule has 0 spiro atoms. The first-order valence-electron chi connectivity index (χ1n) is 7.65. The second-order valence-electron chi connectivity index (χ2n) is 5.68. The van der Waals surface area contributed by atoms with Gasteiger partial charge in [-0.25, -0.2) is 0 Å². The van der Waals surface area contributed by atoms with Crippen LogP contribution in [0, 0.1) is 0 Å². The molecule has 124 valence electrons. The van der Waals surface area contributed by atoms with Crippen molar-refractivity contribution in [2.24, 2.45) is 14.1 Å². The molecule has 0 radical (unpaired) electrons. The smallest absolute Gasteiger partial charge is 0.234 e. The van der Waals surface area contributed by atoms with Crippen molar-refractivity contribution >= 4 is 23.4 Å². The molecule has 1 unspecified atom stereocenters. The number of carbonyl (C=O) groups is 1. The highest BCUT2D eigenvalue weighted by Gasteiger charge is 2.22. The summed E-state index contributed by atoms with van der Waals surface area (Å²) in [5.41, 5.74) is 0.699. The van der Waals surface area contributed by atoms with Crippen molar-refractivity contribution in [1.29, 1.82) is 0 Å². The fourth-order valence-electron chi connectivity index (χ4n) is 2.69. The number of amides is 1. The molecule has 2 aromatic heterocycles. The number of aryl methyl sites for hydroxylation is 1. The molecule has 0 aliphatic carbocycles. The van der Waals surface area contributed by atoms with Crippen LogP contribution in [0.2, 0.25) is 0 Å². The van der Waals surface area contributed by atoms with E-state index in [1.54, 1.807) is 17.1 Å². The van der Waals surface area contributed by atoms with Gasteiger partial charge < -0.3 is 15.2 Å². The molecule has 1 atom stereocenters. The lowest BCUT2D eigenvalue weighted by Gasteiger charge is -2.21. The molecule has 8 nitrogen and oxygen atoms in total. The van der Waals surface area contributed by atoms with Gasteiger partial charge in [0.25, 0.3) is 0 Å². The fraction of sp³-hybridized carbons (Fsp3) is 0.571. The Morgan fingerprint density at radius 2 is 2.35 bits per heavy atom. The van der Waals surface area contributed by atoms with E-state index in [4.69, 9.17) is 0 Å². The van der Waals surface area contributed by atoms with E-state index in [1.165, 1.54) is 11.8 Å². The van der Waals surface area contributed by atoms with E-state index in [1.807, 2.05) is 18.7 Å². The Hall–Kier alpha value is -1.87. The van der Waals surface area contributed by atoms with Crippen LogP contribution < -0.4 is 10.6 Å². The summed E-state index contributed by atoms with van der Waals surface area (Å²) in [4.78, 5) is 12.0. The van der Waals surface area contributed by atoms with Crippen LogP contribution in [0.15, 0.2) is 17.6 Å². The van der Waals surface area contributed by atoms with Crippen molar-refractivity contribution in [3.05, 3.63) is 18.2 Å². The average molecular weight is 335 g/mol. The number of hydrogen-bond donors (Lipinski definition) is 2. The van der Waals surface area contributed by atoms with Crippen LogP contribution >= 0.6 is 11.8 Å². The predicted octanol–water partition coefficient (Wildman–Crippen LogP) is 0.746. The van der Waals surface area contributed by atoms with Crippen molar-refractivity contribution in [2.75, 3.05) is 24.2 Å². The lowest BCUT2D eigenvalue weighted by atomic mass is 9.99. The van der Waals surface area contributed by atoms with E-state index in [9.17, 15) is 4.79 Å². The molecule has 3 rings (SSSR count). The number of carbonyl (C=O) groups excluding carboxylic acids is 1. The third kappa shape index (κ3) is 3.91. The first-order chi connectivity index (χ1) is 11.1. The molecule has 0 bridgehead atoms. The highest BCUT2D eigenvalue weighted by Crippen LogP contribution is 2.24. The van der Waals surface area contributed by atoms with Crippen LogP contribution in [0.5, 0.6) is 0 Å². The number of thioether (sulfide) groups is 1. The maximum absolute atomic E-state index is 12.0. The summed E-state index contributed by atoms with van der Waals surface area (Å²) in [6.07, 6.45) is 5.68. The minimum atomic E-state index is -0.0770. The van der Waals surface area contributed by atoms with Gasteiger partial charge in [0.1, 0.15) is 5.82 Å². The van der Waals surface area contributed by atoms with Gasteiger partial charge in [-0.3, -0.25) is 9.48 Å². The van der Waals surface area contributed by atoms with E-state index >= 15 is 0 Å². The molecule has 0 aromatic carbocycles. The van der Waals surface area contributed by atoms with Gasteiger partial charge in [-0.2, -0.15) is 5.10 Å². The number of rotatable bonds is 5. The Bertz CT molecular complexity index is 674. The van der Waals surface area contributed by atoms with E-state index in [2.05, 4.69) is 25.9 Å². The summed E-state index contributed by atoms with van der Waals surface area (Å²) in [5, 5.41) is 19.5. The van der Waals surface area contributed by atoms with Crippen molar-refractivity contribution in [2.45, 2.75) is 23.9 Å². The molecule has 3 heterocycles. The zero-order valence-corrected chi connectivity index (χ0v) is 14.1. The second-order valence-corrected chi connectivity index (χ2v) is 6.63. The maximum atomic E-state index is 12.0. The van der Waals surface area contributed by atoms with Crippen molar-refractivity contribution in [1.82, 2.24) is 29.9 Å². The highest BCUT2D eigenvalue weighted by molar-refractivity contribution is 7.99. The standard InChI is InChI=1S/C14H21N7OS/c1-20-8-11(7-16-20)17-12(22)9-23-14-19-18-13(21(14)2)10-4-3-5-15-6-10/h7-8,10,15H,3-6,9H2,1-2H3,(H,17,22). The minimum absolute atomic E-state index is 0.0770. The first-order valence-corrected chi connectivity index (χ1v) is 8.63. The summed E-state index contributed by atoms with van der Waals surface area (Å²) in [6, 6.07) is 0. The molecular formula is C14H21N7OS. The van der Waals surface area contributed by atoms with Gasteiger partial charge in [0.15, 0.2) is 5.16 Å². The Labute approximate surface area is 139 Å². The summed E-state index contributed by atoms with van der Waals surface area (Å²) < 4.78 is 3.65. The van der Waals surface area contributed by atoms with Gasteiger partial charge in [-0.05, 0) is 19.4 Å². The minimum Gasteiger partial charge on any atom is -0.323 e. The van der Waals surface area contributed by atoms with Gasteiger partial charge in [-0.1, -0.05) is 11.8 Å². The number of nitrogens with zero attached hydrogens (tertiary/aromatic N) is 5. The number of nitrogens with one attached hydrogen (secondary N) is 2.